The molecule has 2 aromatic rings. The molecule has 1 saturated heterocycles. The molecule has 1 aromatic heterocycles. The summed E-state index contributed by atoms with van der Waals surface area (Å²) in [6.07, 6.45) is 6.03. The Hall–Kier alpha value is -3.04. The van der Waals surface area contributed by atoms with Gasteiger partial charge in [-0.2, -0.15) is 0 Å². The summed E-state index contributed by atoms with van der Waals surface area (Å²) in [5.74, 6) is -1.05. The molecular weight excluding hydrogens is 426 g/mol. The molecule has 0 bridgehead atoms. The van der Waals surface area contributed by atoms with Gasteiger partial charge in [-0.05, 0) is 54.8 Å². The largest absolute Gasteiger partial charge is 0.334 e. The lowest BCUT2D eigenvalue weighted by molar-refractivity contribution is 0.162. The maximum absolute atomic E-state index is 14.1. The lowest BCUT2D eigenvalue weighted by Crippen LogP contribution is -2.52. The van der Waals surface area contributed by atoms with Crippen molar-refractivity contribution in [2.75, 3.05) is 26.2 Å². The van der Waals surface area contributed by atoms with E-state index in [0.717, 1.165) is 37.1 Å². The second-order valence-electron chi connectivity index (χ2n) is 8.88. The number of pyridine rings is 1. The second kappa shape index (κ2) is 9.44. The quantitative estimate of drug-likeness (QED) is 0.663. The van der Waals surface area contributed by atoms with Gasteiger partial charge in [-0.25, -0.2) is 19.0 Å². The second-order valence-corrected chi connectivity index (χ2v) is 8.88. The normalized spacial score (nSPS) is 23.3. The van der Waals surface area contributed by atoms with E-state index in [1.54, 1.807) is 12.4 Å². The van der Waals surface area contributed by atoms with Gasteiger partial charge in [0.15, 0.2) is 0 Å². The van der Waals surface area contributed by atoms with E-state index in [2.05, 4.69) is 21.2 Å². The summed E-state index contributed by atoms with van der Waals surface area (Å²) in [6.45, 7) is 2.72. The van der Waals surface area contributed by atoms with Crippen molar-refractivity contribution in [3.05, 3.63) is 76.8 Å². The van der Waals surface area contributed by atoms with Gasteiger partial charge in [-0.15, -0.1) is 0 Å². The number of hydrogen-bond donors (Lipinski definition) is 3. The Morgan fingerprint density at radius 1 is 1.15 bits per heavy atom. The van der Waals surface area contributed by atoms with Gasteiger partial charge in [0.2, 0.25) is 0 Å². The molecule has 3 aliphatic rings. The van der Waals surface area contributed by atoms with Crippen LogP contribution in [-0.2, 0) is 6.54 Å². The van der Waals surface area contributed by atoms with E-state index in [0.29, 0.717) is 19.6 Å². The molecule has 174 valence electrons. The molecule has 1 aromatic carbocycles. The number of carbonyl (C=O) groups excluding carboxylic acids is 1. The standard InChI is InChI=1S/C24H28F2N6O/c25-20-4-1-5-21(26)18(20)14-31-11-2-3-17(13-31)28-24(33)32-12-8-22-19(15-32)23(30-29-22)16-6-9-27-10-7-16/h1,4-7,9-10,17,23,29-30H,2-3,8,11-15H2,(H,28,33)/t17-,23?/m1/s1. The molecule has 5 rings (SSSR count). The van der Waals surface area contributed by atoms with Crippen molar-refractivity contribution in [2.24, 2.45) is 0 Å². The average Bonchev–Trinajstić information content (AvgIpc) is 3.26. The van der Waals surface area contributed by atoms with Crippen molar-refractivity contribution in [1.29, 1.82) is 0 Å². The van der Waals surface area contributed by atoms with Gasteiger partial charge >= 0.3 is 6.03 Å². The highest BCUT2D eigenvalue weighted by molar-refractivity contribution is 5.75. The van der Waals surface area contributed by atoms with Gasteiger partial charge in [-0.1, -0.05) is 6.07 Å². The molecule has 33 heavy (non-hydrogen) atoms. The van der Waals surface area contributed by atoms with E-state index in [4.69, 9.17) is 0 Å². The average molecular weight is 455 g/mol. The fourth-order valence-corrected chi connectivity index (χ4v) is 4.95. The van der Waals surface area contributed by atoms with Crippen LogP contribution in [0.5, 0.6) is 0 Å². The number of urea groups is 1. The maximum atomic E-state index is 14.1. The Morgan fingerprint density at radius 2 is 1.94 bits per heavy atom. The Bertz CT molecular complexity index is 1030. The topological polar surface area (TPSA) is 72.5 Å². The minimum absolute atomic E-state index is 0.0134. The van der Waals surface area contributed by atoms with E-state index in [9.17, 15) is 13.6 Å². The van der Waals surface area contributed by atoms with Crippen molar-refractivity contribution < 1.29 is 13.6 Å². The van der Waals surface area contributed by atoms with Crippen molar-refractivity contribution in [2.45, 2.75) is 37.9 Å². The van der Waals surface area contributed by atoms with Crippen LogP contribution in [0.25, 0.3) is 0 Å². The Kier molecular flexibility index (Phi) is 6.24. The number of aromatic nitrogens is 1. The highest BCUT2D eigenvalue weighted by Crippen LogP contribution is 2.31. The Labute approximate surface area is 191 Å². The van der Waals surface area contributed by atoms with Crippen LogP contribution in [0.1, 0.15) is 36.4 Å². The molecule has 0 aliphatic carbocycles. The number of nitrogens with one attached hydrogen (secondary N) is 3. The lowest BCUT2D eigenvalue weighted by Gasteiger charge is -2.35. The van der Waals surface area contributed by atoms with Gasteiger partial charge in [0.1, 0.15) is 11.6 Å². The predicted molar refractivity (Wildman–Crippen MR) is 120 cm³/mol. The molecule has 7 nitrogen and oxygen atoms in total. The summed E-state index contributed by atoms with van der Waals surface area (Å²) in [5.41, 5.74) is 10.1. The predicted octanol–water partition coefficient (Wildman–Crippen LogP) is 2.84. The minimum atomic E-state index is -0.527. The molecule has 1 fully saturated rings. The van der Waals surface area contributed by atoms with Gasteiger partial charge in [-0.3, -0.25) is 9.88 Å². The van der Waals surface area contributed by atoms with Crippen LogP contribution in [0, 0.1) is 11.6 Å². The van der Waals surface area contributed by atoms with Crippen LogP contribution >= 0.6 is 0 Å². The highest BCUT2D eigenvalue weighted by atomic mass is 19.1. The number of hydrogen-bond acceptors (Lipinski definition) is 5. The van der Waals surface area contributed by atoms with Gasteiger partial charge in [0.05, 0.1) is 6.04 Å². The molecule has 0 saturated carbocycles. The number of amides is 2. The fraction of sp³-hybridized carbons (Fsp3) is 0.417. The third kappa shape index (κ3) is 4.69. The lowest BCUT2D eigenvalue weighted by atomic mass is 9.96. The molecule has 2 amide bonds. The van der Waals surface area contributed by atoms with Crippen LogP contribution < -0.4 is 16.2 Å². The third-order valence-electron chi connectivity index (χ3n) is 6.70. The maximum Gasteiger partial charge on any atom is 0.317 e. The number of nitrogens with zero attached hydrogens (tertiary/aromatic N) is 3. The van der Waals surface area contributed by atoms with E-state index >= 15 is 0 Å². The Morgan fingerprint density at radius 3 is 2.73 bits per heavy atom. The molecule has 0 radical (unpaired) electrons. The minimum Gasteiger partial charge on any atom is -0.334 e. The first-order valence-corrected chi connectivity index (χ1v) is 11.4. The monoisotopic (exact) mass is 454 g/mol. The molecule has 4 heterocycles. The van der Waals surface area contributed by atoms with E-state index in [-0.39, 0.29) is 30.2 Å². The summed E-state index contributed by atoms with van der Waals surface area (Å²) in [5, 5.41) is 3.15. The highest BCUT2D eigenvalue weighted by Gasteiger charge is 2.33. The third-order valence-corrected chi connectivity index (χ3v) is 6.70. The molecule has 2 atom stereocenters. The summed E-state index contributed by atoms with van der Waals surface area (Å²) < 4.78 is 28.1. The van der Waals surface area contributed by atoms with E-state index in [1.165, 1.54) is 23.8 Å². The van der Waals surface area contributed by atoms with Crippen LogP contribution in [0.15, 0.2) is 54.0 Å². The summed E-state index contributed by atoms with van der Waals surface area (Å²) >= 11 is 0. The van der Waals surface area contributed by atoms with Crippen molar-refractivity contribution in [1.82, 2.24) is 31.0 Å². The number of benzene rings is 1. The number of hydrazine groups is 1. The molecular formula is C24H28F2N6O. The molecule has 3 N–H and O–H groups in total. The fourth-order valence-electron chi connectivity index (χ4n) is 4.95. The first-order chi connectivity index (χ1) is 16.1. The molecule has 0 spiro atoms. The first kappa shape index (κ1) is 21.8. The zero-order chi connectivity index (χ0) is 22.8. The number of rotatable bonds is 4. The van der Waals surface area contributed by atoms with Gasteiger partial charge < -0.3 is 15.6 Å². The van der Waals surface area contributed by atoms with Gasteiger partial charge in [0, 0.05) is 62.3 Å². The number of likely N-dealkylation sites (tertiary alicyclic amines) is 1. The van der Waals surface area contributed by atoms with E-state index < -0.39 is 11.6 Å². The summed E-state index contributed by atoms with van der Waals surface area (Å²) in [4.78, 5) is 21.0. The van der Waals surface area contributed by atoms with Gasteiger partial charge in [0.25, 0.3) is 0 Å². The Balaban J connectivity index is 1.19. The first-order valence-electron chi connectivity index (χ1n) is 11.4. The van der Waals surface area contributed by atoms with Crippen LogP contribution in [-0.4, -0.2) is 53.0 Å². The molecule has 1 unspecified atom stereocenters. The zero-order valence-corrected chi connectivity index (χ0v) is 18.4. The summed E-state index contributed by atoms with van der Waals surface area (Å²) in [6, 6.07) is 7.77. The van der Waals surface area contributed by atoms with Crippen molar-refractivity contribution in [3.63, 3.8) is 0 Å². The van der Waals surface area contributed by atoms with Crippen LogP contribution in [0.2, 0.25) is 0 Å². The van der Waals surface area contributed by atoms with Crippen molar-refractivity contribution >= 4 is 6.03 Å². The summed E-state index contributed by atoms with van der Waals surface area (Å²) in [7, 11) is 0. The zero-order valence-electron chi connectivity index (χ0n) is 18.4. The van der Waals surface area contributed by atoms with Crippen LogP contribution in [0.3, 0.4) is 0 Å². The van der Waals surface area contributed by atoms with Crippen molar-refractivity contribution in [3.8, 4) is 0 Å². The number of piperidine rings is 1. The van der Waals surface area contributed by atoms with E-state index in [1.807, 2.05) is 21.9 Å². The smallest absolute Gasteiger partial charge is 0.317 e. The SMILES string of the molecule is O=C(N[C@@H]1CCCN(Cc2c(F)cccc2F)C1)N1CCC2=C(C1)C(c1ccncc1)NN2. The number of halogens is 2. The molecule has 3 aliphatic heterocycles. The number of carbonyl (C=O) groups is 1. The van der Waals surface area contributed by atoms with Crippen LogP contribution in [0.4, 0.5) is 13.6 Å². The molecule has 9 heteroatoms.